The zero-order valence-electron chi connectivity index (χ0n) is 13.5. The number of nitro benzene ring substituents is 1. The van der Waals surface area contributed by atoms with Gasteiger partial charge in [-0.05, 0) is 30.4 Å². The van der Waals surface area contributed by atoms with Crippen LogP contribution in [0.1, 0.15) is 46.3 Å². The Morgan fingerprint density at radius 1 is 1.14 bits per heavy atom. The third-order valence-electron chi connectivity index (χ3n) is 3.19. The van der Waals surface area contributed by atoms with E-state index in [9.17, 15) is 15.2 Å². The summed E-state index contributed by atoms with van der Waals surface area (Å²) in [6, 6.07) is 5.00. The number of nitro groups is 1. The highest BCUT2D eigenvalue weighted by atomic mass is 16.6. The number of nitrogens with zero attached hydrogens (tertiary/aromatic N) is 2. The smallest absolute Gasteiger partial charge is 0.292 e. The van der Waals surface area contributed by atoms with Crippen molar-refractivity contribution in [3.05, 3.63) is 33.9 Å². The molecule has 1 atom stereocenters. The van der Waals surface area contributed by atoms with Crippen molar-refractivity contribution >= 4 is 11.4 Å². The molecule has 0 aliphatic carbocycles. The van der Waals surface area contributed by atoms with Crippen LogP contribution in [0, 0.1) is 22.0 Å². The van der Waals surface area contributed by atoms with Gasteiger partial charge in [-0.2, -0.15) is 0 Å². The number of hydrogen-bond donors (Lipinski definition) is 1. The summed E-state index contributed by atoms with van der Waals surface area (Å²) >= 11 is 0. The maximum absolute atomic E-state index is 11.4. The molecule has 5 nitrogen and oxygen atoms in total. The van der Waals surface area contributed by atoms with Gasteiger partial charge < -0.3 is 10.0 Å². The monoisotopic (exact) mass is 294 g/mol. The van der Waals surface area contributed by atoms with Gasteiger partial charge in [0, 0.05) is 19.2 Å². The molecule has 0 aliphatic heterocycles. The van der Waals surface area contributed by atoms with E-state index in [0.717, 1.165) is 13.1 Å². The second-order valence-corrected chi connectivity index (χ2v) is 6.37. The normalized spacial score (nSPS) is 12.8. The van der Waals surface area contributed by atoms with Crippen LogP contribution in [0.2, 0.25) is 0 Å². The molecule has 0 spiro atoms. The van der Waals surface area contributed by atoms with Crippen LogP contribution in [0.15, 0.2) is 18.2 Å². The number of aliphatic hydroxyl groups is 1. The van der Waals surface area contributed by atoms with Crippen LogP contribution in [0.25, 0.3) is 0 Å². The Bertz CT molecular complexity index is 474. The van der Waals surface area contributed by atoms with E-state index in [-0.39, 0.29) is 10.6 Å². The molecule has 21 heavy (non-hydrogen) atoms. The van der Waals surface area contributed by atoms with E-state index in [4.69, 9.17) is 0 Å². The fourth-order valence-corrected chi connectivity index (χ4v) is 2.37. The summed E-state index contributed by atoms with van der Waals surface area (Å²) in [5.41, 5.74) is 1.26. The lowest BCUT2D eigenvalue weighted by Gasteiger charge is -2.28. The lowest BCUT2D eigenvalue weighted by Crippen LogP contribution is -2.31. The van der Waals surface area contributed by atoms with Crippen molar-refractivity contribution in [1.29, 1.82) is 0 Å². The molecule has 118 valence electrons. The molecule has 0 fully saturated rings. The molecule has 0 saturated carbocycles. The lowest BCUT2D eigenvalue weighted by molar-refractivity contribution is -0.384. The molecule has 0 heterocycles. The summed E-state index contributed by atoms with van der Waals surface area (Å²) in [7, 11) is 0. The first kappa shape index (κ1) is 17.4. The van der Waals surface area contributed by atoms with Gasteiger partial charge in [-0.1, -0.05) is 33.8 Å². The maximum atomic E-state index is 11.4. The van der Waals surface area contributed by atoms with Crippen LogP contribution in [-0.2, 0) is 0 Å². The van der Waals surface area contributed by atoms with Gasteiger partial charge in [0.05, 0.1) is 11.0 Å². The molecule has 0 amide bonds. The van der Waals surface area contributed by atoms with Gasteiger partial charge in [0.25, 0.3) is 5.69 Å². The minimum Gasteiger partial charge on any atom is -0.389 e. The number of rotatable bonds is 7. The molecule has 1 unspecified atom stereocenters. The molecular weight excluding hydrogens is 268 g/mol. The van der Waals surface area contributed by atoms with E-state index < -0.39 is 6.10 Å². The van der Waals surface area contributed by atoms with Gasteiger partial charge >= 0.3 is 0 Å². The van der Waals surface area contributed by atoms with Crippen molar-refractivity contribution in [3.63, 3.8) is 0 Å². The van der Waals surface area contributed by atoms with Crippen molar-refractivity contribution in [2.45, 2.75) is 40.7 Å². The largest absolute Gasteiger partial charge is 0.389 e. The van der Waals surface area contributed by atoms with Gasteiger partial charge in [0.2, 0.25) is 0 Å². The van der Waals surface area contributed by atoms with Crippen molar-refractivity contribution in [3.8, 4) is 0 Å². The fraction of sp³-hybridized carbons (Fsp3) is 0.625. The number of benzene rings is 1. The van der Waals surface area contributed by atoms with Crippen LogP contribution in [-0.4, -0.2) is 23.1 Å². The first-order chi connectivity index (χ1) is 9.72. The lowest BCUT2D eigenvalue weighted by atomic mass is 10.1. The molecule has 0 radical (unpaired) electrons. The van der Waals surface area contributed by atoms with E-state index >= 15 is 0 Å². The average molecular weight is 294 g/mol. The molecule has 0 aliphatic rings. The third-order valence-corrected chi connectivity index (χ3v) is 3.19. The van der Waals surface area contributed by atoms with Gasteiger partial charge in [-0.25, -0.2) is 0 Å². The summed E-state index contributed by atoms with van der Waals surface area (Å²) in [5.74, 6) is 0.833. The molecule has 5 heteroatoms. The first-order valence-electron chi connectivity index (χ1n) is 7.43. The Morgan fingerprint density at radius 3 is 2.05 bits per heavy atom. The summed E-state index contributed by atoms with van der Waals surface area (Å²) in [6.45, 7) is 11.6. The number of hydrogen-bond acceptors (Lipinski definition) is 4. The molecule has 1 N–H and O–H groups in total. The zero-order valence-corrected chi connectivity index (χ0v) is 13.5. The van der Waals surface area contributed by atoms with Gasteiger partial charge in [0.15, 0.2) is 0 Å². The SMILES string of the molecule is CC(C)CN(CC(C)C)c1ccc(C(C)O)cc1[N+](=O)[O-]. The maximum Gasteiger partial charge on any atom is 0.292 e. The van der Waals surface area contributed by atoms with Crippen molar-refractivity contribution < 1.29 is 10.0 Å². The Labute approximate surface area is 126 Å². The average Bonchev–Trinajstić information content (AvgIpc) is 2.35. The van der Waals surface area contributed by atoms with Crippen LogP contribution in [0.5, 0.6) is 0 Å². The van der Waals surface area contributed by atoms with Gasteiger partial charge in [-0.15, -0.1) is 0 Å². The van der Waals surface area contributed by atoms with Crippen molar-refractivity contribution in [2.75, 3.05) is 18.0 Å². The molecular formula is C16H26N2O3. The van der Waals surface area contributed by atoms with E-state index in [2.05, 4.69) is 32.6 Å². The predicted octanol–water partition coefficient (Wildman–Crippen LogP) is 3.77. The second-order valence-electron chi connectivity index (χ2n) is 6.37. The summed E-state index contributed by atoms with van der Waals surface area (Å²) < 4.78 is 0. The summed E-state index contributed by atoms with van der Waals surface area (Å²) in [6.07, 6.45) is -0.707. The van der Waals surface area contributed by atoms with Crippen molar-refractivity contribution in [1.82, 2.24) is 0 Å². The molecule has 0 saturated heterocycles. The molecule has 1 aromatic carbocycles. The highest BCUT2D eigenvalue weighted by Crippen LogP contribution is 2.32. The van der Waals surface area contributed by atoms with Gasteiger partial charge in [0.1, 0.15) is 5.69 Å². The van der Waals surface area contributed by atoms with Gasteiger partial charge in [-0.3, -0.25) is 10.1 Å². The molecule has 1 aromatic rings. The first-order valence-corrected chi connectivity index (χ1v) is 7.43. The van der Waals surface area contributed by atoms with Crippen molar-refractivity contribution in [2.24, 2.45) is 11.8 Å². The molecule has 0 bridgehead atoms. The quantitative estimate of drug-likeness (QED) is 0.614. The second kappa shape index (κ2) is 7.41. The minimum atomic E-state index is -0.707. The van der Waals surface area contributed by atoms with E-state index in [0.29, 0.717) is 23.1 Å². The number of anilines is 1. The predicted molar refractivity (Wildman–Crippen MR) is 85.6 cm³/mol. The van der Waals surface area contributed by atoms with E-state index in [1.165, 1.54) is 6.07 Å². The summed E-state index contributed by atoms with van der Waals surface area (Å²) in [5, 5.41) is 21.0. The fourth-order valence-electron chi connectivity index (χ4n) is 2.37. The Hall–Kier alpha value is -1.62. The van der Waals surface area contributed by atoms with E-state index in [1.54, 1.807) is 19.1 Å². The Morgan fingerprint density at radius 2 is 1.67 bits per heavy atom. The van der Waals surface area contributed by atoms with Crippen LogP contribution < -0.4 is 4.90 Å². The van der Waals surface area contributed by atoms with Crippen LogP contribution >= 0.6 is 0 Å². The Kier molecular flexibility index (Phi) is 6.15. The van der Waals surface area contributed by atoms with Crippen LogP contribution in [0.4, 0.5) is 11.4 Å². The highest BCUT2D eigenvalue weighted by molar-refractivity contribution is 5.64. The standard InChI is InChI=1S/C16H26N2O3/c1-11(2)9-17(10-12(3)4)15-7-6-14(13(5)19)8-16(15)18(20)21/h6-8,11-13,19H,9-10H2,1-5H3. The number of aliphatic hydroxyl groups excluding tert-OH is 1. The summed E-state index contributed by atoms with van der Waals surface area (Å²) in [4.78, 5) is 13.1. The minimum absolute atomic E-state index is 0.0645. The Balaban J connectivity index is 3.25. The zero-order chi connectivity index (χ0) is 16.2. The highest BCUT2D eigenvalue weighted by Gasteiger charge is 2.22. The molecule has 1 rings (SSSR count). The van der Waals surface area contributed by atoms with E-state index in [1.807, 2.05) is 0 Å². The van der Waals surface area contributed by atoms with Crippen LogP contribution in [0.3, 0.4) is 0 Å². The topological polar surface area (TPSA) is 66.6 Å². The molecule has 0 aromatic heterocycles. The third kappa shape index (κ3) is 5.01.